The van der Waals surface area contributed by atoms with E-state index in [4.69, 9.17) is 16.3 Å². The summed E-state index contributed by atoms with van der Waals surface area (Å²) in [5, 5.41) is 26.9. The Kier molecular flexibility index (Phi) is 12.1. The maximum absolute atomic E-state index is 13.2. The van der Waals surface area contributed by atoms with Crippen LogP contribution in [0.1, 0.15) is 56.6 Å². The molecule has 0 saturated heterocycles. The molecule has 13 nitrogen and oxygen atoms in total. The number of carbonyl (C=O) groups is 4. The minimum atomic E-state index is -1.33. The molecule has 2 aromatic rings. The van der Waals surface area contributed by atoms with Crippen LogP contribution >= 0.6 is 11.6 Å². The molecule has 3 atom stereocenters. The maximum atomic E-state index is 13.2. The van der Waals surface area contributed by atoms with Crippen molar-refractivity contribution in [2.45, 2.75) is 71.7 Å². The van der Waals surface area contributed by atoms with E-state index in [1.807, 2.05) is 20.0 Å². The van der Waals surface area contributed by atoms with E-state index in [9.17, 15) is 24.3 Å². The number of aliphatic hydroxyl groups is 1. The van der Waals surface area contributed by atoms with Crippen molar-refractivity contribution in [1.82, 2.24) is 35.8 Å². The predicted octanol–water partition coefficient (Wildman–Crippen LogP) is 0.932. The highest BCUT2D eigenvalue weighted by Crippen LogP contribution is 2.26. The van der Waals surface area contributed by atoms with Crippen molar-refractivity contribution < 1.29 is 29.0 Å². The average molecular weight is 606 g/mol. The van der Waals surface area contributed by atoms with Crippen molar-refractivity contribution in [3.8, 4) is 5.75 Å². The van der Waals surface area contributed by atoms with Crippen molar-refractivity contribution in [3.63, 3.8) is 0 Å². The summed E-state index contributed by atoms with van der Waals surface area (Å²) in [7, 11) is 0. The smallest absolute Gasteiger partial charge is 0.252 e. The van der Waals surface area contributed by atoms with Crippen molar-refractivity contribution in [2.75, 3.05) is 26.2 Å². The molecular weight excluding hydrogens is 566 g/mol. The zero-order chi connectivity index (χ0) is 30.8. The first-order valence-electron chi connectivity index (χ1n) is 14.1. The quantitative estimate of drug-likeness (QED) is 0.375. The molecule has 0 fully saturated rings. The molecule has 1 aromatic heterocycles. The van der Waals surface area contributed by atoms with Crippen molar-refractivity contribution in [1.29, 1.82) is 0 Å². The molecule has 2 aliphatic heterocycles. The van der Waals surface area contributed by atoms with Gasteiger partial charge in [-0.05, 0) is 37.5 Å². The highest BCUT2D eigenvalue weighted by Gasteiger charge is 2.30. The van der Waals surface area contributed by atoms with Crippen LogP contribution in [-0.2, 0) is 27.3 Å². The van der Waals surface area contributed by atoms with Gasteiger partial charge in [0.1, 0.15) is 17.8 Å². The number of amides is 4. The lowest BCUT2D eigenvalue weighted by atomic mass is 10.0. The Bertz CT molecular complexity index is 1250. The lowest BCUT2D eigenvalue weighted by molar-refractivity contribution is -0.132. The molecule has 0 spiro atoms. The van der Waals surface area contributed by atoms with E-state index in [0.717, 1.165) is 5.69 Å². The summed E-state index contributed by atoms with van der Waals surface area (Å²) in [6, 6.07) is 2.24. The summed E-state index contributed by atoms with van der Waals surface area (Å²) in [6.45, 7) is 8.36. The third-order valence-corrected chi connectivity index (χ3v) is 7.02. The van der Waals surface area contributed by atoms with Crippen LogP contribution in [0.15, 0.2) is 24.4 Å². The first-order chi connectivity index (χ1) is 19.9. The van der Waals surface area contributed by atoms with Gasteiger partial charge < -0.3 is 30.7 Å². The van der Waals surface area contributed by atoms with Gasteiger partial charge in [0.25, 0.3) is 5.91 Å². The van der Waals surface area contributed by atoms with E-state index >= 15 is 0 Å². The van der Waals surface area contributed by atoms with E-state index in [1.165, 1.54) is 26.0 Å². The number of aliphatic hydroxyl groups excluding tert-OH is 1. The highest BCUT2D eigenvalue weighted by molar-refractivity contribution is 6.32. The molecule has 3 heterocycles. The van der Waals surface area contributed by atoms with E-state index in [2.05, 4.69) is 26.3 Å². The number of nitrogens with zero attached hydrogens (tertiary/aromatic N) is 4. The van der Waals surface area contributed by atoms with Crippen LogP contribution < -0.4 is 20.7 Å². The van der Waals surface area contributed by atoms with Crippen LogP contribution in [0.2, 0.25) is 5.02 Å². The van der Waals surface area contributed by atoms with E-state index < -0.39 is 35.9 Å². The number of benzene rings is 1. The van der Waals surface area contributed by atoms with Gasteiger partial charge in [-0.15, -0.1) is 5.10 Å². The minimum Gasteiger partial charge on any atom is -0.492 e. The van der Waals surface area contributed by atoms with Gasteiger partial charge in [-0.1, -0.05) is 30.7 Å². The molecule has 0 aliphatic carbocycles. The molecule has 4 rings (SSSR count). The van der Waals surface area contributed by atoms with E-state index in [0.29, 0.717) is 44.7 Å². The van der Waals surface area contributed by atoms with Gasteiger partial charge in [0, 0.05) is 57.7 Å². The fourth-order valence-corrected chi connectivity index (χ4v) is 4.67. The fourth-order valence-electron chi connectivity index (χ4n) is 4.44. The second-order valence-corrected chi connectivity index (χ2v) is 11.2. The molecule has 42 heavy (non-hydrogen) atoms. The molecule has 4 bridgehead atoms. The van der Waals surface area contributed by atoms with Crippen LogP contribution in [0.3, 0.4) is 0 Å². The molecular formula is C28H40ClN7O6. The zero-order valence-electron chi connectivity index (χ0n) is 24.4. The number of rotatable bonds is 3. The summed E-state index contributed by atoms with van der Waals surface area (Å²) < 4.78 is 7.47. The largest absolute Gasteiger partial charge is 0.492 e. The number of fused-ring (bicyclic) bond motifs is 17. The molecule has 0 radical (unpaired) electrons. The lowest BCUT2D eigenvalue weighted by Gasteiger charge is -2.26. The van der Waals surface area contributed by atoms with Crippen LogP contribution in [-0.4, -0.2) is 93.1 Å². The fraction of sp³-hybridized carbons (Fsp3) is 0.571. The summed E-state index contributed by atoms with van der Waals surface area (Å²) in [5.74, 6) is -1.48. The molecule has 14 heteroatoms. The Morgan fingerprint density at radius 2 is 1.90 bits per heavy atom. The van der Waals surface area contributed by atoms with E-state index in [-0.39, 0.29) is 35.5 Å². The Morgan fingerprint density at radius 3 is 2.57 bits per heavy atom. The average Bonchev–Trinajstić information content (AvgIpc) is 3.38. The second-order valence-electron chi connectivity index (χ2n) is 10.7. The molecule has 1 aromatic carbocycles. The van der Waals surface area contributed by atoms with Crippen LogP contribution in [0, 0.1) is 5.92 Å². The minimum absolute atomic E-state index is 0.0532. The Hall–Kier alpha value is -3.71. The van der Waals surface area contributed by atoms with Crippen LogP contribution in [0.5, 0.6) is 5.75 Å². The van der Waals surface area contributed by atoms with Gasteiger partial charge in [-0.2, -0.15) is 0 Å². The summed E-state index contributed by atoms with van der Waals surface area (Å²) in [5.41, 5.74) is 0.895. The third kappa shape index (κ3) is 9.69. The molecule has 4 amide bonds. The summed E-state index contributed by atoms with van der Waals surface area (Å²) in [6.07, 6.45) is 1.99. The van der Waals surface area contributed by atoms with Gasteiger partial charge >= 0.3 is 0 Å². The Morgan fingerprint density at radius 1 is 1.14 bits per heavy atom. The number of nitrogens with one attached hydrogen (secondary N) is 3. The number of hydrogen-bond donors (Lipinski definition) is 4. The van der Waals surface area contributed by atoms with Crippen molar-refractivity contribution >= 4 is 35.2 Å². The van der Waals surface area contributed by atoms with Crippen LogP contribution in [0.4, 0.5) is 0 Å². The number of halogens is 1. The predicted molar refractivity (Wildman–Crippen MR) is 155 cm³/mol. The Balaban J connectivity index is 1.83. The Labute approximate surface area is 250 Å². The van der Waals surface area contributed by atoms with Crippen molar-refractivity contribution in [2.24, 2.45) is 5.92 Å². The number of hydrogen-bond acceptors (Lipinski definition) is 8. The van der Waals surface area contributed by atoms with Gasteiger partial charge in [0.2, 0.25) is 17.7 Å². The van der Waals surface area contributed by atoms with Gasteiger partial charge in [0.05, 0.1) is 23.4 Å². The van der Waals surface area contributed by atoms with Crippen molar-refractivity contribution in [3.05, 3.63) is 40.7 Å². The first-order valence-corrected chi connectivity index (χ1v) is 14.5. The van der Waals surface area contributed by atoms with Crippen LogP contribution in [0.25, 0.3) is 0 Å². The highest BCUT2D eigenvalue weighted by atomic mass is 35.5. The molecule has 2 aliphatic rings. The molecule has 230 valence electrons. The van der Waals surface area contributed by atoms with Gasteiger partial charge in [-0.3, -0.25) is 23.9 Å². The molecule has 0 unspecified atom stereocenters. The summed E-state index contributed by atoms with van der Waals surface area (Å²) in [4.78, 5) is 53.1. The number of ether oxygens (including phenoxy) is 1. The summed E-state index contributed by atoms with van der Waals surface area (Å²) >= 11 is 6.36. The second kappa shape index (κ2) is 15.5. The zero-order valence-corrected chi connectivity index (χ0v) is 25.2. The SMILES string of the molecule is CC(=O)N1CCNC(=O)[C@@H](CC(C)C)NC(=O)[C@H]([C@@H](C)O)NC(=O)c2ccc(c(Cl)c2)OCCCn2cc(nn2)CC1. The first kappa shape index (κ1) is 32.8. The number of carbonyl (C=O) groups excluding carboxylic acids is 4. The topological polar surface area (TPSA) is 168 Å². The van der Waals surface area contributed by atoms with Gasteiger partial charge in [0.15, 0.2) is 0 Å². The monoisotopic (exact) mass is 605 g/mol. The van der Waals surface area contributed by atoms with Gasteiger partial charge in [-0.25, -0.2) is 0 Å². The number of aryl methyl sites for hydroxylation is 1. The third-order valence-electron chi connectivity index (χ3n) is 6.72. The molecule has 4 N–H and O–H groups in total. The normalized spacial score (nSPS) is 20.6. The number of aromatic nitrogens is 3. The van der Waals surface area contributed by atoms with E-state index in [1.54, 1.807) is 15.6 Å². The molecule has 0 saturated carbocycles. The lowest BCUT2D eigenvalue weighted by Crippen LogP contribution is -2.57. The maximum Gasteiger partial charge on any atom is 0.252 e. The standard InChI is InChI=1S/C28H40ClN7O6/c1-17(2)14-23-27(40)30-9-12-35(19(4)38)11-8-21-16-36(34-33-21)10-5-13-42-24-7-6-20(15-22(24)29)26(39)32-25(18(3)37)28(41)31-23/h6-7,15-18,23,25,37H,5,8-14H2,1-4H3,(H,30,40)(H,31,41)(H,32,39)/t18-,23-,25+/m1/s1.